The zero-order valence-corrected chi connectivity index (χ0v) is 14.5. The monoisotopic (exact) mass is 338 g/mol. The summed E-state index contributed by atoms with van der Waals surface area (Å²) < 4.78 is 13.4. The van der Waals surface area contributed by atoms with Crippen molar-refractivity contribution in [3.63, 3.8) is 0 Å². The second-order valence-corrected chi connectivity index (χ2v) is 7.72. The minimum Gasteiger partial charge on any atom is -0.347 e. The molecule has 1 aromatic heterocycles. The molecular formula is C21H23FN2O. The van der Waals surface area contributed by atoms with Crippen LogP contribution in [0.25, 0.3) is 0 Å². The Hall–Kier alpha value is -2.23. The standard InChI is InChI=1S/C21H23FN2O/c1-15-5-2-8-18(23-15)20-9-4-10-21(14-20,12-11-20)24-19(25)16-6-3-7-17(22)13-16/h2-3,5-8,13H,4,9-12,14H2,1H3,(H,24,25). The number of benzene rings is 1. The molecule has 2 unspecified atom stereocenters. The van der Waals surface area contributed by atoms with Crippen LogP contribution < -0.4 is 5.32 Å². The summed E-state index contributed by atoms with van der Waals surface area (Å²) in [5.74, 6) is -0.548. The Morgan fingerprint density at radius 3 is 2.76 bits per heavy atom. The van der Waals surface area contributed by atoms with E-state index in [1.807, 2.05) is 13.0 Å². The highest BCUT2D eigenvalue weighted by atomic mass is 19.1. The van der Waals surface area contributed by atoms with Crippen molar-refractivity contribution in [2.75, 3.05) is 0 Å². The van der Waals surface area contributed by atoms with Gasteiger partial charge in [-0.05, 0) is 69.4 Å². The number of aryl methyl sites for hydroxylation is 1. The average Bonchev–Trinajstić information content (AvgIpc) is 2.86. The highest BCUT2D eigenvalue weighted by Crippen LogP contribution is 2.54. The Morgan fingerprint density at radius 2 is 1.96 bits per heavy atom. The number of nitrogens with zero attached hydrogens (tertiary/aromatic N) is 1. The van der Waals surface area contributed by atoms with Crippen LogP contribution in [0.1, 0.15) is 60.3 Å². The lowest BCUT2D eigenvalue weighted by Crippen LogP contribution is -2.49. The maximum absolute atomic E-state index is 13.4. The summed E-state index contributed by atoms with van der Waals surface area (Å²) in [5, 5.41) is 3.24. The molecule has 0 spiro atoms. The van der Waals surface area contributed by atoms with E-state index in [1.54, 1.807) is 12.1 Å². The Labute approximate surface area is 147 Å². The number of pyridine rings is 1. The average molecular weight is 338 g/mol. The van der Waals surface area contributed by atoms with Gasteiger partial charge in [-0.1, -0.05) is 18.6 Å². The number of rotatable bonds is 3. The van der Waals surface area contributed by atoms with Gasteiger partial charge in [0.25, 0.3) is 5.91 Å². The van der Waals surface area contributed by atoms with E-state index in [2.05, 4.69) is 17.4 Å². The summed E-state index contributed by atoms with van der Waals surface area (Å²) in [7, 11) is 0. The van der Waals surface area contributed by atoms with Crippen LogP contribution in [0.2, 0.25) is 0 Å². The van der Waals surface area contributed by atoms with E-state index in [0.29, 0.717) is 5.56 Å². The second kappa shape index (κ2) is 5.94. The molecule has 1 amide bonds. The number of hydrogen-bond donors (Lipinski definition) is 1. The molecule has 4 rings (SSSR count). The summed E-state index contributed by atoms with van der Waals surface area (Å²) in [6, 6.07) is 12.1. The third-order valence-corrected chi connectivity index (χ3v) is 5.97. The minimum absolute atomic E-state index is 0.0689. The van der Waals surface area contributed by atoms with Crippen LogP contribution in [0.5, 0.6) is 0 Å². The molecule has 25 heavy (non-hydrogen) atoms. The molecule has 2 atom stereocenters. The Balaban J connectivity index is 1.58. The molecule has 2 aliphatic rings. The minimum atomic E-state index is -0.376. The first-order valence-electron chi connectivity index (χ1n) is 9.03. The number of hydrogen-bond acceptors (Lipinski definition) is 2. The quantitative estimate of drug-likeness (QED) is 0.906. The first-order chi connectivity index (χ1) is 12.0. The molecule has 0 radical (unpaired) electrons. The fourth-order valence-corrected chi connectivity index (χ4v) is 4.79. The van der Waals surface area contributed by atoms with Gasteiger partial charge in [0.2, 0.25) is 0 Å². The van der Waals surface area contributed by atoms with Gasteiger partial charge in [-0.15, -0.1) is 0 Å². The third kappa shape index (κ3) is 2.94. The molecule has 130 valence electrons. The summed E-state index contributed by atoms with van der Waals surface area (Å²) in [6.45, 7) is 2.02. The summed E-state index contributed by atoms with van der Waals surface area (Å²) >= 11 is 0. The van der Waals surface area contributed by atoms with E-state index >= 15 is 0 Å². The predicted molar refractivity (Wildman–Crippen MR) is 95.0 cm³/mol. The Morgan fingerprint density at radius 1 is 1.12 bits per heavy atom. The van der Waals surface area contributed by atoms with Crippen molar-refractivity contribution in [3.05, 3.63) is 65.2 Å². The zero-order chi connectivity index (χ0) is 17.5. The van der Waals surface area contributed by atoms with Gasteiger partial charge in [-0.2, -0.15) is 0 Å². The van der Waals surface area contributed by atoms with Crippen molar-refractivity contribution < 1.29 is 9.18 Å². The van der Waals surface area contributed by atoms with Crippen molar-refractivity contribution >= 4 is 5.91 Å². The lowest BCUT2D eigenvalue weighted by Gasteiger charge is -2.40. The predicted octanol–water partition coefficient (Wildman–Crippen LogP) is 4.30. The Kier molecular flexibility index (Phi) is 3.86. The highest BCUT2D eigenvalue weighted by molar-refractivity contribution is 5.94. The molecule has 2 bridgehead atoms. The molecule has 4 heteroatoms. The van der Waals surface area contributed by atoms with Gasteiger partial charge >= 0.3 is 0 Å². The topological polar surface area (TPSA) is 42.0 Å². The second-order valence-electron chi connectivity index (χ2n) is 7.72. The largest absolute Gasteiger partial charge is 0.347 e. The van der Waals surface area contributed by atoms with E-state index in [0.717, 1.165) is 49.9 Å². The van der Waals surface area contributed by atoms with Crippen LogP contribution in [0, 0.1) is 12.7 Å². The van der Waals surface area contributed by atoms with Crippen LogP contribution >= 0.6 is 0 Å². The molecular weight excluding hydrogens is 315 g/mol. The summed E-state index contributed by atoms with van der Waals surface area (Å²) in [6.07, 6.45) is 6.13. The van der Waals surface area contributed by atoms with Crippen LogP contribution in [0.15, 0.2) is 42.5 Å². The number of amides is 1. The van der Waals surface area contributed by atoms with Crippen molar-refractivity contribution in [2.24, 2.45) is 0 Å². The van der Waals surface area contributed by atoms with Gasteiger partial charge in [0.05, 0.1) is 0 Å². The van der Waals surface area contributed by atoms with Gasteiger partial charge in [-0.3, -0.25) is 9.78 Å². The highest BCUT2D eigenvalue weighted by Gasteiger charge is 2.53. The van der Waals surface area contributed by atoms with E-state index < -0.39 is 0 Å². The van der Waals surface area contributed by atoms with Crippen molar-refractivity contribution in [2.45, 2.75) is 56.4 Å². The molecule has 1 N–H and O–H groups in total. The van der Waals surface area contributed by atoms with E-state index in [9.17, 15) is 9.18 Å². The number of aromatic nitrogens is 1. The number of carbonyl (C=O) groups is 1. The van der Waals surface area contributed by atoms with Crippen molar-refractivity contribution in [1.82, 2.24) is 10.3 Å². The van der Waals surface area contributed by atoms with Crippen LogP contribution in [-0.4, -0.2) is 16.4 Å². The number of fused-ring (bicyclic) bond motifs is 2. The summed E-state index contributed by atoms with van der Waals surface area (Å²) in [5.41, 5.74) is 2.48. The van der Waals surface area contributed by atoms with Crippen LogP contribution in [-0.2, 0) is 5.41 Å². The van der Waals surface area contributed by atoms with Gasteiger partial charge < -0.3 is 5.32 Å². The molecule has 2 fully saturated rings. The molecule has 1 aromatic carbocycles. The SMILES string of the molecule is Cc1cccc(C23CCCC(NC(=O)c4cccc(F)c4)(CC2)C3)n1. The lowest BCUT2D eigenvalue weighted by atomic mass is 9.70. The fourth-order valence-electron chi connectivity index (χ4n) is 4.79. The van der Waals surface area contributed by atoms with E-state index in [1.165, 1.54) is 12.1 Å². The van der Waals surface area contributed by atoms with Gasteiger partial charge in [0.1, 0.15) is 5.82 Å². The first-order valence-corrected chi connectivity index (χ1v) is 9.03. The number of halogens is 1. The third-order valence-electron chi connectivity index (χ3n) is 5.97. The summed E-state index contributed by atoms with van der Waals surface area (Å²) in [4.78, 5) is 17.4. The maximum Gasteiger partial charge on any atom is 0.251 e. The smallest absolute Gasteiger partial charge is 0.251 e. The van der Waals surface area contributed by atoms with Gasteiger partial charge in [0.15, 0.2) is 0 Å². The molecule has 2 saturated carbocycles. The molecule has 3 nitrogen and oxygen atoms in total. The lowest BCUT2D eigenvalue weighted by molar-refractivity contribution is 0.0874. The Bertz CT molecular complexity index is 821. The van der Waals surface area contributed by atoms with Gasteiger partial charge in [0, 0.05) is 27.9 Å². The van der Waals surface area contributed by atoms with Crippen molar-refractivity contribution in [1.29, 1.82) is 0 Å². The van der Waals surface area contributed by atoms with Crippen LogP contribution in [0.3, 0.4) is 0 Å². The maximum atomic E-state index is 13.4. The molecule has 0 saturated heterocycles. The fraction of sp³-hybridized carbons (Fsp3) is 0.429. The molecule has 2 aromatic rings. The van der Waals surface area contributed by atoms with E-state index in [-0.39, 0.29) is 22.7 Å². The zero-order valence-electron chi connectivity index (χ0n) is 14.5. The van der Waals surface area contributed by atoms with Crippen LogP contribution in [0.4, 0.5) is 4.39 Å². The van der Waals surface area contributed by atoms with E-state index in [4.69, 9.17) is 4.98 Å². The van der Waals surface area contributed by atoms with Gasteiger partial charge in [-0.25, -0.2) is 4.39 Å². The molecule has 1 heterocycles. The first kappa shape index (κ1) is 16.2. The molecule has 2 aliphatic carbocycles. The molecule has 0 aliphatic heterocycles. The normalized spacial score (nSPS) is 27.9. The van der Waals surface area contributed by atoms with Crippen molar-refractivity contribution in [3.8, 4) is 0 Å². The number of carbonyl (C=O) groups excluding carboxylic acids is 1. The number of nitrogens with one attached hydrogen (secondary N) is 1.